The highest BCUT2D eigenvalue weighted by Crippen LogP contribution is 2.47. The Bertz CT molecular complexity index is 2300. The molecule has 0 aliphatic carbocycles. The highest BCUT2D eigenvalue weighted by Gasteiger charge is 2.45. The SMILES string of the molecule is C[N+]1=C(/C=C/C=C/C=C2/N(CCCCCC(=O)NCCCc3ccc4c(c3)C(=O)N(C3CCC(=O)NC3=O)C4=O)c3ccccc3C2(C)C)C(C)(C)c2ccccc21.[I-]. The van der Waals surface area contributed by atoms with Crippen LogP contribution in [0.4, 0.5) is 11.4 Å². The number of imide groups is 2. The maximum Gasteiger partial charge on any atom is 0.262 e. The van der Waals surface area contributed by atoms with Gasteiger partial charge >= 0.3 is 0 Å². The van der Waals surface area contributed by atoms with Crippen molar-refractivity contribution in [2.24, 2.45) is 0 Å². The lowest BCUT2D eigenvalue weighted by molar-refractivity contribution is -0.401. The molecule has 0 spiro atoms. The van der Waals surface area contributed by atoms with Crippen molar-refractivity contribution in [1.82, 2.24) is 15.5 Å². The third kappa shape index (κ3) is 8.62. The summed E-state index contributed by atoms with van der Waals surface area (Å²) in [5.74, 6) is -2.04. The van der Waals surface area contributed by atoms with Crippen LogP contribution in [0.5, 0.6) is 0 Å². The Hall–Kier alpha value is -5.17. The van der Waals surface area contributed by atoms with Gasteiger partial charge in [0, 0.05) is 60.4 Å². The van der Waals surface area contributed by atoms with Gasteiger partial charge in [0.05, 0.1) is 16.5 Å². The quantitative estimate of drug-likeness (QED) is 0.0825. The van der Waals surface area contributed by atoms with Gasteiger partial charge in [-0.25, -0.2) is 0 Å². The molecule has 0 bridgehead atoms. The third-order valence-electron chi connectivity index (χ3n) is 12.2. The summed E-state index contributed by atoms with van der Waals surface area (Å²) in [7, 11) is 2.14. The Morgan fingerprint density at radius 2 is 1.58 bits per heavy atom. The number of rotatable bonds is 14. The lowest BCUT2D eigenvalue weighted by Gasteiger charge is -2.27. The van der Waals surface area contributed by atoms with Gasteiger partial charge in [0.1, 0.15) is 13.1 Å². The number of hydrogen-bond acceptors (Lipinski definition) is 6. The first kappa shape index (κ1) is 43.4. The zero-order valence-corrected chi connectivity index (χ0v) is 36.8. The number of carbonyl (C=O) groups is 5. The van der Waals surface area contributed by atoms with Gasteiger partial charge in [-0.2, -0.15) is 4.58 Å². The minimum absolute atomic E-state index is 0. The van der Waals surface area contributed by atoms with E-state index < -0.39 is 29.7 Å². The zero-order chi connectivity index (χ0) is 41.2. The molecule has 308 valence electrons. The number of hydrogen-bond donors (Lipinski definition) is 2. The Morgan fingerprint density at radius 3 is 2.34 bits per heavy atom. The van der Waals surface area contributed by atoms with E-state index in [1.165, 1.54) is 33.9 Å². The van der Waals surface area contributed by atoms with Crippen LogP contribution in [-0.4, -0.2) is 70.9 Å². The van der Waals surface area contributed by atoms with Gasteiger partial charge in [-0.05, 0) is 81.4 Å². The molecular weight excluding hydrogens is 853 g/mol. The number of fused-ring (bicyclic) bond motifs is 3. The van der Waals surface area contributed by atoms with Crippen LogP contribution in [0.15, 0.2) is 103 Å². The van der Waals surface area contributed by atoms with E-state index in [9.17, 15) is 24.0 Å². The molecule has 0 aromatic heterocycles. The van der Waals surface area contributed by atoms with E-state index in [0.717, 1.165) is 36.3 Å². The van der Waals surface area contributed by atoms with E-state index in [2.05, 4.69) is 134 Å². The number of piperidine rings is 1. The molecule has 2 N–H and O–H groups in total. The third-order valence-corrected chi connectivity index (χ3v) is 12.2. The van der Waals surface area contributed by atoms with Gasteiger partial charge in [-0.1, -0.05) is 81.0 Å². The first-order chi connectivity index (χ1) is 27.8. The molecule has 11 heteroatoms. The summed E-state index contributed by atoms with van der Waals surface area (Å²) >= 11 is 0. The summed E-state index contributed by atoms with van der Waals surface area (Å²) in [4.78, 5) is 66.2. The van der Waals surface area contributed by atoms with Crippen molar-refractivity contribution in [1.29, 1.82) is 0 Å². The molecule has 5 amide bonds. The number of aryl methyl sites for hydroxylation is 1. The van der Waals surface area contributed by atoms with E-state index in [0.29, 0.717) is 25.8 Å². The second kappa shape index (κ2) is 18.0. The second-order valence-corrected chi connectivity index (χ2v) is 16.8. The summed E-state index contributed by atoms with van der Waals surface area (Å²) in [6, 6.07) is 21.4. The van der Waals surface area contributed by atoms with Gasteiger partial charge < -0.3 is 34.2 Å². The number of amides is 5. The van der Waals surface area contributed by atoms with Crippen LogP contribution < -0.4 is 39.5 Å². The maximum atomic E-state index is 13.2. The number of nitrogens with one attached hydrogen (secondary N) is 2. The van der Waals surface area contributed by atoms with E-state index in [1.807, 2.05) is 6.07 Å². The number of unbranched alkanes of at least 4 members (excludes halogenated alkanes) is 2. The fraction of sp³-hybridized carbons (Fsp3) is 0.375. The van der Waals surface area contributed by atoms with Gasteiger partial charge in [0.15, 0.2) is 5.71 Å². The van der Waals surface area contributed by atoms with Gasteiger partial charge in [-0.3, -0.25) is 34.2 Å². The Morgan fingerprint density at radius 1 is 0.847 bits per heavy atom. The summed E-state index contributed by atoms with van der Waals surface area (Å²) in [6.45, 7) is 10.5. The lowest BCUT2D eigenvalue weighted by atomic mass is 9.81. The fourth-order valence-corrected chi connectivity index (χ4v) is 9.06. The first-order valence-corrected chi connectivity index (χ1v) is 20.5. The molecule has 1 atom stereocenters. The molecule has 1 unspecified atom stereocenters. The van der Waals surface area contributed by atoms with Gasteiger partial charge in [-0.15, -0.1) is 0 Å². The van der Waals surface area contributed by atoms with Crippen LogP contribution >= 0.6 is 0 Å². The van der Waals surface area contributed by atoms with Crippen molar-refractivity contribution in [3.05, 3.63) is 131 Å². The van der Waals surface area contributed by atoms with E-state index in [-0.39, 0.29) is 64.7 Å². The topological polar surface area (TPSA) is 119 Å². The maximum absolute atomic E-state index is 13.2. The molecule has 0 radical (unpaired) electrons. The van der Waals surface area contributed by atoms with Crippen LogP contribution in [0.2, 0.25) is 0 Å². The van der Waals surface area contributed by atoms with Gasteiger partial charge in [0.2, 0.25) is 23.4 Å². The molecule has 1 saturated heterocycles. The van der Waals surface area contributed by atoms with Crippen molar-refractivity contribution < 1.29 is 52.5 Å². The van der Waals surface area contributed by atoms with Crippen LogP contribution in [0, 0.1) is 0 Å². The average molecular weight is 908 g/mol. The molecular formula is C48H54IN5O5. The Balaban J connectivity index is 0.00000585. The summed E-state index contributed by atoms with van der Waals surface area (Å²) < 4.78 is 2.29. The van der Waals surface area contributed by atoms with Gasteiger partial charge in [0.25, 0.3) is 11.8 Å². The Labute approximate surface area is 364 Å². The fourth-order valence-electron chi connectivity index (χ4n) is 9.06. The largest absolute Gasteiger partial charge is 1.00 e. The minimum atomic E-state index is -0.987. The second-order valence-electron chi connectivity index (χ2n) is 16.8. The molecule has 7 rings (SSSR count). The highest BCUT2D eigenvalue weighted by molar-refractivity contribution is 6.23. The average Bonchev–Trinajstić information content (AvgIpc) is 3.66. The number of benzene rings is 3. The molecule has 10 nitrogen and oxygen atoms in total. The van der Waals surface area contributed by atoms with Crippen LogP contribution in [0.25, 0.3) is 0 Å². The Kier molecular flexibility index (Phi) is 13.2. The molecule has 4 aliphatic heterocycles. The molecule has 3 aromatic carbocycles. The van der Waals surface area contributed by atoms with E-state index in [4.69, 9.17) is 0 Å². The molecule has 4 aliphatic rings. The summed E-state index contributed by atoms with van der Waals surface area (Å²) in [5.41, 5.74) is 8.90. The van der Waals surface area contributed by atoms with Crippen molar-refractivity contribution in [2.75, 3.05) is 25.0 Å². The highest BCUT2D eigenvalue weighted by atomic mass is 127. The minimum Gasteiger partial charge on any atom is -1.00 e. The van der Waals surface area contributed by atoms with Crippen LogP contribution in [0.1, 0.15) is 110 Å². The normalized spacial score (nSPS) is 19.7. The molecule has 4 heterocycles. The van der Waals surface area contributed by atoms with Crippen LogP contribution in [-0.2, 0) is 31.6 Å². The van der Waals surface area contributed by atoms with Crippen molar-refractivity contribution >= 4 is 46.6 Å². The molecule has 1 fully saturated rings. The predicted molar refractivity (Wildman–Crippen MR) is 226 cm³/mol. The number of anilines is 1. The van der Waals surface area contributed by atoms with Crippen LogP contribution in [0.3, 0.4) is 0 Å². The molecule has 0 saturated carbocycles. The first-order valence-electron chi connectivity index (χ1n) is 20.5. The number of carbonyl (C=O) groups excluding carboxylic acids is 5. The van der Waals surface area contributed by atoms with E-state index >= 15 is 0 Å². The van der Waals surface area contributed by atoms with Crippen molar-refractivity contribution in [2.45, 2.75) is 95.9 Å². The smallest absolute Gasteiger partial charge is 0.262 e. The molecule has 3 aromatic rings. The standard InChI is InChI=1S/C48H53N5O5.HI/c1-47(2)35-18-11-13-20-37(35)51(5)40(47)22-8-6-9-23-41-48(3,4)36-19-12-14-21-38(36)52(41)30-15-7-10-24-42(54)49-29-16-17-32-25-26-33-34(31-32)46(58)53(45(33)57)39-27-28-43(55)50-44(39)56;/h6,8-9,11-14,18-23,25-26,31,39H,7,10,15-17,24,27-30H2,1-5H3,(H-,49,50,54,55,56);1H. The van der Waals surface area contributed by atoms with Crippen molar-refractivity contribution in [3.63, 3.8) is 0 Å². The number of allylic oxidation sites excluding steroid dienone is 6. The number of para-hydroxylation sites is 2. The monoisotopic (exact) mass is 907 g/mol. The van der Waals surface area contributed by atoms with E-state index in [1.54, 1.807) is 12.1 Å². The summed E-state index contributed by atoms with van der Waals surface area (Å²) in [5, 5.41) is 5.25. The molecule has 59 heavy (non-hydrogen) atoms. The zero-order valence-electron chi connectivity index (χ0n) is 34.6. The number of halogens is 1. The summed E-state index contributed by atoms with van der Waals surface area (Å²) in [6.07, 6.45) is 15.5. The number of nitrogens with zero attached hydrogens (tertiary/aromatic N) is 3. The predicted octanol–water partition coefficient (Wildman–Crippen LogP) is 4.20. The van der Waals surface area contributed by atoms with Crippen molar-refractivity contribution in [3.8, 4) is 0 Å². The lowest BCUT2D eigenvalue weighted by Crippen LogP contribution is -3.00.